The highest BCUT2D eigenvalue weighted by atomic mass is 32.2. The molecule has 0 saturated carbocycles. The van der Waals surface area contributed by atoms with E-state index >= 15 is 0 Å². The number of anilines is 2. The molecule has 3 rings (SSSR count). The third-order valence-corrected chi connectivity index (χ3v) is 5.82. The zero-order valence-electron chi connectivity index (χ0n) is 17.6. The predicted octanol–water partition coefficient (Wildman–Crippen LogP) is 4.20. The van der Waals surface area contributed by atoms with Crippen LogP contribution in [0.1, 0.15) is 29.7 Å². The Morgan fingerprint density at radius 2 is 1.81 bits per heavy atom. The Balaban J connectivity index is 1.47. The third-order valence-electron chi connectivity index (χ3n) is 4.45. The molecule has 2 N–H and O–H groups in total. The van der Waals surface area contributed by atoms with Gasteiger partial charge in [0.05, 0.1) is 11.5 Å². The highest BCUT2D eigenvalue weighted by Gasteiger charge is 2.16. The molecule has 0 unspecified atom stereocenters. The van der Waals surface area contributed by atoms with Crippen molar-refractivity contribution < 1.29 is 22.5 Å². The van der Waals surface area contributed by atoms with Crippen LogP contribution < -0.4 is 14.8 Å². The van der Waals surface area contributed by atoms with Gasteiger partial charge in [-0.2, -0.15) is 0 Å². The SMILES string of the molecule is Cc1ccc(OCCCC(=O)Nc2ccc(S(=O)(=O)Nc3cc(C)on3)cc2)c(C)c1. The van der Waals surface area contributed by atoms with Gasteiger partial charge in [-0.05, 0) is 63.1 Å². The number of benzene rings is 2. The second-order valence-electron chi connectivity index (χ2n) is 7.22. The number of sulfonamides is 1. The molecule has 0 fully saturated rings. The number of aromatic nitrogens is 1. The molecule has 8 nitrogen and oxygen atoms in total. The first-order chi connectivity index (χ1) is 14.7. The molecule has 1 heterocycles. The second-order valence-corrected chi connectivity index (χ2v) is 8.90. The summed E-state index contributed by atoms with van der Waals surface area (Å²) >= 11 is 0. The van der Waals surface area contributed by atoms with Crippen LogP contribution in [-0.4, -0.2) is 26.1 Å². The molecule has 0 bridgehead atoms. The van der Waals surface area contributed by atoms with Crippen LogP contribution in [-0.2, 0) is 14.8 Å². The normalized spacial score (nSPS) is 11.2. The molecule has 3 aromatic rings. The van der Waals surface area contributed by atoms with Gasteiger partial charge in [0.2, 0.25) is 5.91 Å². The van der Waals surface area contributed by atoms with Crippen LogP contribution in [0.2, 0.25) is 0 Å². The van der Waals surface area contributed by atoms with Gasteiger partial charge >= 0.3 is 0 Å². The van der Waals surface area contributed by atoms with Gasteiger partial charge in [0.1, 0.15) is 11.5 Å². The van der Waals surface area contributed by atoms with Crippen molar-refractivity contribution in [2.24, 2.45) is 0 Å². The van der Waals surface area contributed by atoms with Gasteiger partial charge in [-0.1, -0.05) is 22.9 Å². The molecular weight excluding hydrogens is 418 g/mol. The van der Waals surface area contributed by atoms with Gasteiger partial charge in [-0.25, -0.2) is 8.42 Å². The molecule has 31 heavy (non-hydrogen) atoms. The number of nitrogens with one attached hydrogen (secondary N) is 2. The fourth-order valence-electron chi connectivity index (χ4n) is 2.93. The summed E-state index contributed by atoms with van der Waals surface area (Å²) in [6, 6.07) is 13.3. The minimum absolute atomic E-state index is 0.0491. The predicted molar refractivity (Wildman–Crippen MR) is 118 cm³/mol. The Labute approximate surface area is 181 Å². The van der Waals surface area contributed by atoms with Crippen molar-refractivity contribution >= 4 is 27.4 Å². The topological polar surface area (TPSA) is 111 Å². The number of hydrogen-bond acceptors (Lipinski definition) is 6. The largest absolute Gasteiger partial charge is 0.493 e. The van der Waals surface area contributed by atoms with E-state index in [1.54, 1.807) is 6.92 Å². The van der Waals surface area contributed by atoms with Crippen molar-refractivity contribution in [2.75, 3.05) is 16.6 Å². The van der Waals surface area contributed by atoms with E-state index in [-0.39, 0.29) is 23.0 Å². The van der Waals surface area contributed by atoms with Crippen molar-refractivity contribution in [3.05, 3.63) is 65.4 Å². The Bertz CT molecular complexity index is 1150. The molecule has 0 aliphatic heterocycles. The van der Waals surface area contributed by atoms with Crippen LogP contribution in [0, 0.1) is 20.8 Å². The number of carbonyl (C=O) groups excluding carboxylic acids is 1. The van der Waals surface area contributed by atoms with E-state index in [2.05, 4.69) is 15.2 Å². The zero-order chi connectivity index (χ0) is 22.4. The van der Waals surface area contributed by atoms with Crippen LogP contribution >= 0.6 is 0 Å². The van der Waals surface area contributed by atoms with Crippen LogP contribution in [0.25, 0.3) is 0 Å². The summed E-state index contributed by atoms with van der Waals surface area (Å²) in [7, 11) is -3.80. The molecule has 2 aromatic carbocycles. The molecule has 9 heteroatoms. The first-order valence-corrected chi connectivity index (χ1v) is 11.3. The molecule has 0 aliphatic carbocycles. The van der Waals surface area contributed by atoms with E-state index in [1.807, 2.05) is 32.0 Å². The van der Waals surface area contributed by atoms with Crippen LogP contribution in [0.3, 0.4) is 0 Å². The Hall–Kier alpha value is -3.33. The monoisotopic (exact) mass is 443 g/mol. The summed E-state index contributed by atoms with van der Waals surface area (Å²) in [5, 5.41) is 6.37. The summed E-state index contributed by atoms with van der Waals surface area (Å²) in [4.78, 5) is 12.2. The van der Waals surface area contributed by atoms with Crippen LogP contribution in [0.5, 0.6) is 5.75 Å². The minimum atomic E-state index is -3.80. The highest BCUT2D eigenvalue weighted by Crippen LogP contribution is 2.20. The number of rotatable bonds is 9. The number of ether oxygens (including phenoxy) is 1. The van der Waals surface area contributed by atoms with E-state index in [9.17, 15) is 13.2 Å². The fraction of sp³-hybridized carbons (Fsp3) is 0.273. The molecule has 1 amide bonds. The van der Waals surface area contributed by atoms with Crippen molar-refractivity contribution in [1.82, 2.24) is 5.16 Å². The summed E-state index contributed by atoms with van der Waals surface area (Å²) in [5.74, 6) is 1.25. The van der Waals surface area contributed by atoms with E-state index in [0.29, 0.717) is 24.5 Å². The number of amides is 1. The van der Waals surface area contributed by atoms with Gasteiger partial charge in [0, 0.05) is 18.2 Å². The van der Waals surface area contributed by atoms with E-state index < -0.39 is 10.0 Å². The number of hydrogen-bond donors (Lipinski definition) is 2. The molecule has 0 saturated heterocycles. The molecule has 164 valence electrons. The number of aryl methyl sites for hydroxylation is 3. The standard InChI is InChI=1S/C22H25N3O5S/c1-15-6-11-20(16(2)13-15)29-12-4-5-22(26)23-18-7-9-19(10-8-18)31(27,28)25-21-14-17(3)30-24-21/h6-11,13-14H,4-5,12H2,1-3H3,(H,23,26)(H,24,25). The van der Waals surface area contributed by atoms with E-state index in [1.165, 1.54) is 35.9 Å². The smallest absolute Gasteiger partial charge is 0.263 e. The van der Waals surface area contributed by atoms with Crippen molar-refractivity contribution in [2.45, 2.75) is 38.5 Å². The average Bonchev–Trinajstić information content (AvgIpc) is 3.11. The quantitative estimate of drug-likeness (QED) is 0.480. The first-order valence-electron chi connectivity index (χ1n) is 9.79. The zero-order valence-corrected chi connectivity index (χ0v) is 18.5. The van der Waals surface area contributed by atoms with Gasteiger partial charge in [-0.15, -0.1) is 0 Å². The maximum absolute atomic E-state index is 12.4. The first kappa shape index (κ1) is 22.4. The molecule has 0 atom stereocenters. The maximum atomic E-state index is 12.4. The van der Waals surface area contributed by atoms with Gasteiger partial charge in [0.25, 0.3) is 10.0 Å². The fourth-order valence-corrected chi connectivity index (χ4v) is 3.91. The average molecular weight is 444 g/mol. The maximum Gasteiger partial charge on any atom is 0.263 e. The third kappa shape index (κ3) is 6.32. The molecule has 0 spiro atoms. The Morgan fingerprint density at radius 1 is 1.06 bits per heavy atom. The van der Waals surface area contributed by atoms with Gasteiger partial charge < -0.3 is 14.6 Å². The van der Waals surface area contributed by atoms with Crippen LogP contribution in [0.4, 0.5) is 11.5 Å². The van der Waals surface area contributed by atoms with E-state index in [4.69, 9.17) is 9.26 Å². The Kier molecular flexibility index (Phi) is 6.96. The lowest BCUT2D eigenvalue weighted by Gasteiger charge is -2.10. The van der Waals surface area contributed by atoms with E-state index in [0.717, 1.165) is 11.3 Å². The Morgan fingerprint density at radius 3 is 2.45 bits per heavy atom. The summed E-state index contributed by atoms with van der Waals surface area (Å²) in [6.07, 6.45) is 0.852. The number of nitrogens with zero attached hydrogens (tertiary/aromatic N) is 1. The molecule has 1 aromatic heterocycles. The summed E-state index contributed by atoms with van der Waals surface area (Å²) < 4.78 is 37.7. The van der Waals surface area contributed by atoms with Gasteiger partial charge in [-0.3, -0.25) is 9.52 Å². The van der Waals surface area contributed by atoms with Crippen molar-refractivity contribution in [1.29, 1.82) is 0 Å². The van der Waals surface area contributed by atoms with Crippen LogP contribution in [0.15, 0.2) is 57.9 Å². The molecule has 0 aliphatic rings. The van der Waals surface area contributed by atoms with Gasteiger partial charge in [0.15, 0.2) is 5.82 Å². The van der Waals surface area contributed by atoms with Crippen molar-refractivity contribution in [3.8, 4) is 5.75 Å². The summed E-state index contributed by atoms with van der Waals surface area (Å²) in [6.45, 7) is 6.11. The number of carbonyl (C=O) groups is 1. The lowest BCUT2D eigenvalue weighted by atomic mass is 10.1. The summed E-state index contributed by atoms with van der Waals surface area (Å²) in [5.41, 5.74) is 2.75. The molecular formula is C22H25N3O5S. The minimum Gasteiger partial charge on any atom is -0.493 e. The lowest BCUT2D eigenvalue weighted by molar-refractivity contribution is -0.116. The lowest BCUT2D eigenvalue weighted by Crippen LogP contribution is -2.14. The molecule has 0 radical (unpaired) electrons. The van der Waals surface area contributed by atoms with Crippen molar-refractivity contribution in [3.63, 3.8) is 0 Å². The highest BCUT2D eigenvalue weighted by molar-refractivity contribution is 7.92. The second kappa shape index (κ2) is 9.65.